The molecular weight excluding hydrogens is 256 g/mol. The van der Waals surface area contributed by atoms with Crippen LogP contribution in [0.3, 0.4) is 0 Å². The lowest BCUT2D eigenvalue weighted by Crippen LogP contribution is -2.25. The normalized spacial score (nSPS) is 10.2. The van der Waals surface area contributed by atoms with E-state index in [1.807, 2.05) is 24.0 Å². The highest BCUT2D eigenvalue weighted by atomic mass is 16.4. The Morgan fingerprint density at radius 1 is 1.30 bits per heavy atom. The van der Waals surface area contributed by atoms with Crippen LogP contribution in [0.1, 0.15) is 23.0 Å². The zero-order valence-electron chi connectivity index (χ0n) is 11.2. The van der Waals surface area contributed by atoms with Crippen LogP contribution in [0.2, 0.25) is 0 Å². The number of anilines is 2. The van der Waals surface area contributed by atoms with Crippen LogP contribution in [-0.4, -0.2) is 27.6 Å². The molecule has 2 rings (SSSR count). The van der Waals surface area contributed by atoms with Gasteiger partial charge in [0.1, 0.15) is 0 Å². The van der Waals surface area contributed by atoms with E-state index in [0.717, 1.165) is 5.56 Å². The molecule has 0 atom stereocenters. The summed E-state index contributed by atoms with van der Waals surface area (Å²) in [5.41, 5.74) is 7.42. The zero-order valence-corrected chi connectivity index (χ0v) is 11.2. The third-order valence-corrected chi connectivity index (χ3v) is 2.93. The number of nitrogens with two attached hydrogens (primary N) is 1. The Balaban J connectivity index is 2.31. The molecule has 0 unspecified atom stereocenters. The molecule has 104 valence electrons. The van der Waals surface area contributed by atoms with Crippen molar-refractivity contribution in [2.45, 2.75) is 13.5 Å². The quantitative estimate of drug-likeness (QED) is 0.862. The second-order valence-electron chi connectivity index (χ2n) is 4.28. The third-order valence-electron chi connectivity index (χ3n) is 2.93. The number of nitrogen functional groups attached to an aromatic ring is 1. The van der Waals surface area contributed by atoms with Crippen molar-refractivity contribution in [3.63, 3.8) is 0 Å². The number of hydrogen-bond donors (Lipinski definition) is 2. The minimum atomic E-state index is -1.06. The van der Waals surface area contributed by atoms with Gasteiger partial charge >= 0.3 is 5.97 Å². The van der Waals surface area contributed by atoms with E-state index < -0.39 is 5.97 Å². The lowest BCUT2D eigenvalue weighted by molar-refractivity contribution is 0.0690. The smallest absolute Gasteiger partial charge is 0.354 e. The Morgan fingerprint density at radius 2 is 2.00 bits per heavy atom. The molecule has 6 nitrogen and oxygen atoms in total. The third kappa shape index (κ3) is 3.03. The summed E-state index contributed by atoms with van der Waals surface area (Å²) in [5.74, 6) is -0.574. The fourth-order valence-electron chi connectivity index (χ4n) is 1.88. The van der Waals surface area contributed by atoms with Crippen molar-refractivity contribution in [3.05, 3.63) is 47.9 Å². The molecular formula is C14H16N4O2. The molecule has 0 aromatic carbocycles. The maximum absolute atomic E-state index is 11.0. The molecule has 0 radical (unpaired) electrons. The fourth-order valence-corrected chi connectivity index (χ4v) is 1.88. The van der Waals surface area contributed by atoms with Crippen molar-refractivity contribution in [1.29, 1.82) is 0 Å². The predicted molar refractivity (Wildman–Crippen MR) is 76.6 cm³/mol. The number of hydrogen-bond acceptors (Lipinski definition) is 5. The lowest BCUT2D eigenvalue weighted by Gasteiger charge is -2.23. The highest BCUT2D eigenvalue weighted by Crippen LogP contribution is 2.22. The Kier molecular flexibility index (Phi) is 4.14. The molecule has 0 fully saturated rings. The molecule has 3 N–H and O–H groups in total. The van der Waals surface area contributed by atoms with Crippen LogP contribution in [-0.2, 0) is 6.54 Å². The van der Waals surface area contributed by atoms with Crippen LogP contribution in [0, 0.1) is 0 Å². The largest absolute Gasteiger partial charge is 0.477 e. The molecule has 2 aromatic rings. The predicted octanol–water partition coefficient (Wildman–Crippen LogP) is 1.78. The fraction of sp³-hybridized carbons (Fsp3) is 0.214. The van der Waals surface area contributed by atoms with E-state index in [9.17, 15) is 4.79 Å². The molecule has 2 heterocycles. The summed E-state index contributed by atoms with van der Waals surface area (Å²) in [6.45, 7) is 3.23. The summed E-state index contributed by atoms with van der Waals surface area (Å²) >= 11 is 0. The summed E-state index contributed by atoms with van der Waals surface area (Å²) in [6, 6.07) is 6.78. The summed E-state index contributed by atoms with van der Waals surface area (Å²) < 4.78 is 0. The molecule has 0 saturated carbocycles. The molecule has 6 heteroatoms. The van der Waals surface area contributed by atoms with Gasteiger partial charge in [-0.1, -0.05) is 0 Å². The van der Waals surface area contributed by atoms with Gasteiger partial charge in [0.05, 0.1) is 5.69 Å². The number of aromatic carboxylic acids is 1. The topological polar surface area (TPSA) is 92.3 Å². The Hall–Kier alpha value is -2.63. The van der Waals surface area contributed by atoms with E-state index in [0.29, 0.717) is 24.6 Å². The number of aromatic nitrogens is 2. The Labute approximate surface area is 116 Å². The first-order valence-corrected chi connectivity index (χ1v) is 6.25. The van der Waals surface area contributed by atoms with Gasteiger partial charge < -0.3 is 15.7 Å². The first-order chi connectivity index (χ1) is 9.61. The average Bonchev–Trinajstić information content (AvgIpc) is 2.46. The minimum absolute atomic E-state index is 0.0117. The number of carboxylic acids is 1. The minimum Gasteiger partial charge on any atom is -0.477 e. The lowest BCUT2D eigenvalue weighted by atomic mass is 10.2. The van der Waals surface area contributed by atoms with Crippen molar-refractivity contribution in [3.8, 4) is 0 Å². The number of rotatable bonds is 5. The van der Waals surface area contributed by atoms with Gasteiger partial charge in [-0.3, -0.25) is 4.98 Å². The first kappa shape index (κ1) is 13.8. The van der Waals surface area contributed by atoms with Gasteiger partial charge in [0.2, 0.25) is 0 Å². The highest BCUT2D eigenvalue weighted by molar-refractivity contribution is 5.87. The molecule has 20 heavy (non-hydrogen) atoms. The van der Waals surface area contributed by atoms with E-state index in [1.54, 1.807) is 18.5 Å². The Bertz CT molecular complexity index is 601. The van der Waals surface area contributed by atoms with Gasteiger partial charge in [0.15, 0.2) is 11.5 Å². The van der Waals surface area contributed by atoms with Gasteiger partial charge in [-0.05, 0) is 36.8 Å². The average molecular weight is 272 g/mol. The molecule has 0 aliphatic carbocycles. The molecule has 2 aromatic heterocycles. The van der Waals surface area contributed by atoms with Gasteiger partial charge in [0, 0.05) is 25.5 Å². The monoisotopic (exact) mass is 272 g/mol. The molecule has 0 aliphatic rings. The van der Waals surface area contributed by atoms with Crippen molar-refractivity contribution in [1.82, 2.24) is 9.97 Å². The highest BCUT2D eigenvalue weighted by Gasteiger charge is 2.14. The molecule has 0 spiro atoms. The molecule has 0 bridgehead atoms. The van der Waals surface area contributed by atoms with Crippen LogP contribution in [0.15, 0.2) is 36.7 Å². The first-order valence-electron chi connectivity index (χ1n) is 6.25. The van der Waals surface area contributed by atoms with Gasteiger partial charge in [-0.25, -0.2) is 9.78 Å². The summed E-state index contributed by atoms with van der Waals surface area (Å²) in [4.78, 5) is 21.0. The SMILES string of the molecule is CCN(Cc1ccncc1)c1nc(C(=O)O)ccc1N. The van der Waals surface area contributed by atoms with E-state index in [1.165, 1.54) is 6.07 Å². The standard InChI is InChI=1S/C14H16N4O2/c1-2-18(9-10-5-7-16-8-6-10)13-11(15)3-4-12(17-13)14(19)20/h3-8H,2,9,15H2,1H3,(H,19,20). The maximum Gasteiger partial charge on any atom is 0.354 e. The number of carbonyl (C=O) groups is 1. The van der Waals surface area contributed by atoms with Crippen molar-refractivity contribution >= 4 is 17.5 Å². The van der Waals surface area contributed by atoms with E-state index in [-0.39, 0.29) is 5.69 Å². The zero-order chi connectivity index (χ0) is 14.5. The molecule has 0 saturated heterocycles. The van der Waals surface area contributed by atoms with Crippen LogP contribution >= 0.6 is 0 Å². The van der Waals surface area contributed by atoms with Gasteiger partial charge in [0.25, 0.3) is 0 Å². The van der Waals surface area contributed by atoms with Crippen molar-refractivity contribution in [2.75, 3.05) is 17.2 Å². The van der Waals surface area contributed by atoms with Gasteiger partial charge in [-0.15, -0.1) is 0 Å². The molecule has 0 amide bonds. The second-order valence-corrected chi connectivity index (χ2v) is 4.28. The number of nitrogens with zero attached hydrogens (tertiary/aromatic N) is 3. The Morgan fingerprint density at radius 3 is 2.60 bits per heavy atom. The van der Waals surface area contributed by atoms with Crippen molar-refractivity contribution < 1.29 is 9.90 Å². The summed E-state index contributed by atoms with van der Waals surface area (Å²) in [5, 5.41) is 9.01. The second kappa shape index (κ2) is 6.01. The number of pyridine rings is 2. The van der Waals surface area contributed by atoms with Gasteiger partial charge in [-0.2, -0.15) is 0 Å². The maximum atomic E-state index is 11.0. The summed E-state index contributed by atoms with van der Waals surface area (Å²) in [7, 11) is 0. The molecule has 0 aliphatic heterocycles. The van der Waals surface area contributed by atoms with Crippen LogP contribution in [0.5, 0.6) is 0 Å². The summed E-state index contributed by atoms with van der Waals surface area (Å²) in [6.07, 6.45) is 3.43. The van der Waals surface area contributed by atoms with E-state index in [2.05, 4.69) is 9.97 Å². The van der Waals surface area contributed by atoms with Crippen LogP contribution in [0.4, 0.5) is 11.5 Å². The van der Waals surface area contributed by atoms with Crippen molar-refractivity contribution in [2.24, 2.45) is 0 Å². The van der Waals surface area contributed by atoms with E-state index in [4.69, 9.17) is 10.8 Å². The van der Waals surface area contributed by atoms with Crippen LogP contribution in [0.25, 0.3) is 0 Å². The number of carboxylic acid groups (broad SMARTS) is 1. The van der Waals surface area contributed by atoms with Crippen LogP contribution < -0.4 is 10.6 Å². The van der Waals surface area contributed by atoms with E-state index >= 15 is 0 Å².